The van der Waals surface area contributed by atoms with Gasteiger partial charge in [0.2, 0.25) is 0 Å². The van der Waals surface area contributed by atoms with Crippen molar-refractivity contribution in [3.63, 3.8) is 0 Å². The van der Waals surface area contributed by atoms with Gasteiger partial charge < -0.3 is 20.1 Å². The van der Waals surface area contributed by atoms with Gasteiger partial charge >= 0.3 is 0 Å². The van der Waals surface area contributed by atoms with Crippen LogP contribution in [0.25, 0.3) is 0 Å². The molecule has 7 heteroatoms. The van der Waals surface area contributed by atoms with Crippen molar-refractivity contribution >= 4 is 29.9 Å². The fourth-order valence-corrected chi connectivity index (χ4v) is 2.86. The molecule has 2 heterocycles. The van der Waals surface area contributed by atoms with Crippen LogP contribution in [0.5, 0.6) is 11.5 Å². The molecule has 0 aliphatic carbocycles. The molecule has 0 saturated heterocycles. The van der Waals surface area contributed by atoms with Crippen LogP contribution in [-0.4, -0.2) is 37.2 Å². The van der Waals surface area contributed by atoms with Crippen molar-refractivity contribution in [3.05, 3.63) is 53.9 Å². The summed E-state index contributed by atoms with van der Waals surface area (Å²) in [6.07, 6.45) is 1.79. The minimum Gasteiger partial charge on any atom is -0.486 e. The summed E-state index contributed by atoms with van der Waals surface area (Å²) in [5, 5.41) is 6.74. The third-order valence-corrected chi connectivity index (χ3v) is 4.49. The lowest BCUT2D eigenvalue weighted by Crippen LogP contribution is -2.43. The average molecular weight is 496 g/mol. The Kier molecular flexibility index (Phi) is 8.35. The number of hydrogen-bond acceptors (Lipinski definition) is 4. The van der Waals surface area contributed by atoms with Gasteiger partial charge in [0.25, 0.3) is 0 Å². The van der Waals surface area contributed by atoms with Crippen molar-refractivity contribution in [1.82, 2.24) is 15.6 Å². The van der Waals surface area contributed by atoms with Gasteiger partial charge in [0.1, 0.15) is 13.2 Å². The Morgan fingerprint density at radius 3 is 2.61 bits per heavy atom. The second-order valence-corrected chi connectivity index (χ2v) is 7.11. The van der Waals surface area contributed by atoms with Gasteiger partial charge in [-0.05, 0) is 36.8 Å². The third kappa shape index (κ3) is 5.98. The van der Waals surface area contributed by atoms with E-state index in [-0.39, 0.29) is 29.4 Å². The number of halogens is 1. The fourth-order valence-electron chi connectivity index (χ4n) is 2.86. The standard InChI is InChI=1S/C21H28N4O2.HI/c1-4-22-20(24-14-17-7-5-6-10-23-17)25-15-21(2,3)16-8-9-18-19(13-16)27-12-11-26-18;/h5-10,13H,4,11-12,14-15H2,1-3H3,(H2,22,24,25);1H. The van der Waals surface area contributed by atoms with Crippen LogP contribution in [0.15, 0.2) is 47.6 Å². The highest BCUT2D eigenvalue weighted by Gasteiger charge is 2.23. The minimum atomic E-state index is -0.100. The number of aliphatic imine (C=N–C) groups is 1. The summed E-state index contributed by atoms with van der Waals surface area (Å²) >= 11 is 0. The first kappa shape index (κ1) is 22.3. The van der Waals surface area contributed by atoms with E-state index in [4.69, 9.17) is 9.47 Å². The minimum absolute atomic E-state index is 0. The van der Waals surface area contributed by atoms with Gasteiger partial charge in [-0.3, -0.25) is 4.98 Å². The molecule has 0 bridgehead atoms. The molecule has 0 fully saturated rings. The fraction of sp³-hybridized carbons (Fsp3) is 0.429. The molecule has 1 aliphatic rings. The zero-order valence-electron chi connectivity index (χ0n) is 16.7. The van der Waals surface area contributed by atoms with Crippen LogP contribution in [0.1, 0.15) is 32.0 Å². The first-order chi connectivity index (χ1) is 13.1. The Hall–Kier alpha value is -2.03. The van der Waals surface area contributed by atoms with Crippen LogP contribution in [0.4, 0.5) is 0 Å². The molecule has 152 valence electrons. The summed E-state index contributed by atoms with van der Waals surface area (Å²) in [5.41, 5.74) is 2.04. The lowest BCUT2D eigenvalue weighted by Gasteiger charge is -2.28. The SMILES string of the molecule is CCNC(=NCc1ccccn1)NCC(C)(C)c1ccc2c(c1)OCCO2.I. The van der Waals surface area contributed by atoms with Crippen molar-refractivity contribution in [2.45, 2.75) is 32.7 Å². The summed E-state index contributed by atoms with van der Waals surface area (Å²) in [6, 6.07) is 12.0. The monoisotopic (exact) mass is 496 g/mol. The van der Waals surface area contributed by atoms with E-state index in [1.165, 1.54) is 5.56 Å². The maximum atomic E-state index is 5.72. The number of benzene rings is 1. The number of pyridine rings is 1. The summed E-state index contributed by atoms with van der Waals surface area (Å²) in [7, 11) is 0. The Morgan fingerprint density at radius 2 is 1.89 bits per heavy atom. The number of nitrogens with zero attached hydrogens (tertiary/aromatic N) is 2. The maximum absolute atomic E-state index is 5.72. The Morgan fingerprint density at radius 1 is 1.11 bits per heavy atom. The van der Waals surface area contributed by atoms with Crippen LogP contribution >= 0.6 is 24.0 Å². The summed E-state index contributed by atoms with van der Waals surface area (Å²) in [5.74, 6) is 2.43. The number of hydrogen-bond donors (Lipinski definition) is 2. The van der Waals surface area contributed by atoms with Gasteiger partial charge in [-0.1, -0.05) is 26.0 Å². The molecule has 0 radical (unpaired) electrons. The van der Waals surface area contributed by atoms with Crippen molar-refractivity contribution in [3.8, 4) is 11.5 Å². The predicted molar refractivity (Wildman–Crippen MR) is 123 cm³/mol. The molecule has 3 rings (SSSR count). The predicted octanol–water partition coefficient (Wildman–Crippen LogP) is 3.50. The van der Waals surface area contributed by atoms with E-state index in [1.807, 2.05) is 24.3 Å². The quantitative estimate of drug-likeness (QED) is 0.364. The normalized spacial score (nSPS) is 13.5. The lowest BCUT2D eigenvalue weighted by atomic mass is 9.84. The van der Waals surface area contributed by atoms with Crippen LogP contribution < -0.4 is 20.1 Å². The summed E-state index contributed by atoms with van der Waals surface area (Å²) in [4.78, 5) is 8.96. The molecule has 1 aliphatic heterocycles. The van der Waals surface area contributed by atoms with Crippen LogP contribution in [0, 0.1) is 0 Å². The summed E-state index contributed by atoms with van der Waals surface area (Å²) in [6.45, 7) is 9.75. The second kappa shape index (κ2) is 10.5. The highest BCUT2D eigenvalue weighted by molar-refractivity contribution is 14.0. The number of fused-ring (bicyclic) bond motifs is 1. The maximum Gasteiger partial charge on any atom is 0.191 e. The lowest BCUT2D eigenvalue weighted by molar-refractivity contribution is 0.171. The van der Waals surface area contributed by atoms with Crippen molar-refractivity contribution < 1.29 is 9.47 Å². The molecule has 0 atom stereocenters. The molecule has 28 heavy (non-hydrogen) atoms. The smallest absolute Gasteiger partial charge is 0.191 e. The van der Waals surface area contributed by atoms with Crippen molar-refractivity contribution in [2.75, 3.05) is 26.3 Å². The number of guanidine groups is 1. The molecule has 0 saturated carbocycles. The van der Waals surface area contributed by atoms with Gasteiger partial charge in [-0.25, -0.2) is 4.99 Å². The molecule has 1 aromatic heterocycles. The number of ether oxygens (including phenoxy) is 2. The van der Waals surface area contributed by atoms with E-state index in [1.54, 1.807) is 6.20 Å². The number of nitrogens with one attached hydrogen (secondary N) is 2. The molecule has 2 N–H and O–H groups in total. The van der Waals surface area contributed by atoms with E-state index < -0.39 is 0 Å². The van der Waals surface area contributed by atoms with E-state index in [9.17, 15) is 0 Å². The van der Waals surface area contributed by atoms with Gasteiger partial charge in [0.05, 0.1) is 12.2 Å². The molecular weight excluding hydrogens is 467 g/mol. The van der Waals surface area contributed by atoms with Gasteiger partial charge in [-0.2, -0.15) is 0 Å². The molecule has 1 aromatic carbocycles. The zero-order chi connectivity index (χ0) is 19.1. The third-order valence-electron chi connectivity index (χ3n) is 4.49. The molecule has 0 unspecified atom stereocenters. The number of rotatable bonds is 6. The Balaban J connectivity index is 0.00000280. The molecule has 0 amide bonds. The number of aromatic nitrogens is 1. The Labute approximate surface area is 184 Å². The van der Waals surface area contributed by atoms with Gasteiger partial charge in [0.15, 0.2) is 17.5 Å². The first-order valence-electron chi connectivity index (χ1n) is 9.41. The largest absolute Gasteiger partial charge is 0.486 e. The topological polar surface area (TPSA) is 67.8 Å². The zero-order valence-corrected chi connectivity index (χ0v) is 19.0. The van der Waals surface area contributed by atoms with E-state index in [0.29, 0.717) is 19.8 Å². The van der Waals surface area contributed by atoms with Crippen LogP contribution in [0.3, 0.4) is 0 Å². The summed E-state index contributed by atoms with van der Waals surface area (Å²) < 4.78 is 11.3. The van der Waals surface area contributed by atoms with Crippen molar-refractivity contribution in [1.29, 1.82) is 0 Å². The average Bonchev–Trinajstić information content (AvgIpc) is 2.70. The van der Waals surface area contributed by atoms with Crippen LogP contribution in [0.2, 0.25) is 0 Å². The molecular formula is C21H29IN4O2. The highest BCUT2D eigenvalue weighted by Crippen LogP contribution is 2.34. The molecule has 0 spiro atoms. The Bertz CT molecular complexity index is 781. The van der Waals surface area contributed by atoms with Gasteiger partial charge in [-0.15, -0.1) is 24.0 Å². The molecule has 2 aromatic rings. The van der Waals surface area contributed by atoms with E-state index in [0.717, 1.165) is 36.2 Å². The highest BCUT2D eigenvalue weighted by atomic mass is 127. The van der Waals surface area contributed by atoms with E-state index in [2.05, 4.69) is 53.5 Å². The van der Waals surface area contributed by atoms with Crippen molar-refractivity contribution in [2.24, 2.45) is 4.99 Å². The first-order valence-corrected chi connectivity index (χ1v) is 9.41. The molecule has 6 nitrogen and oxygen atoms in total. The van der Waals surface area contributed by atoms with Crippen LogP contribution in [-0.2, 0) is 12.0 Å². The van der Waals surface area contributed by atoms with E-state index >= 15 is 0 Å². The van der Waals surface area contributed by atoms with Gasteiger partial charge in [0, 0.05) is 24.7 Å². The second-order valence-electron chi connectivity index (χ2n) is 7.11.